The molecule has 2 bridgehead atoms. The van der Waals surface area contributed by atoms with Gasteiger partial charge in [0, 0.05) is 6.54 Å². The van der Waals surface area contributed by atoms with E-state index in [1.54, 1.807) is 6.92 Å². The molecule has 0 saturated heterocycles. The number of carbonyl (C=O) groups is 1. The number of esters is 1. The molecule has 0 aromatic rings. The van der Waals surface area contributed by atoms with E-state index in [0.717, 1.165) is 30.7 Å². The summed E-state index contributed by atoms with van der Waals surface area (Å²) >= 11 is 0. The van der Waals surface area contributed by atoms with E-state index in [9.17, 15) is 4.79 Å². The lowest BCUT2D eigenvalue weighted by atomic mass is 9.88. The van der Waals surface area contributed by atoms with Crippen molar-refractivity contribution in [1.29, 1.82) is 0 Å². The molecule has 116 valence electrons. The fourth-order valence-corrected chi connectivity index (χ4v) is 4.14. The van der Waals surface area contributed by atoms with Gasteiger partial charge in [-0.2, -0.15) is 0 Å². The van der Waals surface area contributed by atoms with Gasteiger partial charge in [-0.15, -0.1) is 0 Å². The van der Waals surface area contributed by atoms with Gasteiger partial charge >= 0.3 is 5.97 Å². The zero-order valence-electron chi connectivity index (χ0n) is 13.2. The first-order valence-electron chi connectivity index (χ1n) is 7.98. The topological polar surface area (TPSA) is 55.6 Å². The quantitative estimate of drug-likeness (QED) is 0.726. The molecule has 4 nitrogen and oxygen atoms in total. The molecule has 2 aliphatic carbocycles. The second-order valence-electron chi connectivity index (χ2n) is 7.21. The molecule has 0 radical (unpaired) electrons. The van der Waals surface area contributed by atoms with Crippen LogP contribution in [0.1, 0.15) is 45.4 Å². The molecule has 0 spiro atoms. The van der Waals surface area contributed by atoms with Crippen LogP contribution < -0.4 is 5.73 Å². The summed E-state index contributed by atoms with van der Waals surface area (Å²) in [6, 6.07) is 0. The minimum Gasteiger partial charge on any atom is -0.468 e. The van der Waals surface area contributed by atoms with Gasteiger partial charge in [0.25, 0.3) is 0 Å². The molecule has 0 aromatic heterocycles. The molecule has 0 heterocycles. The maximum absolute atomic E-state index is 11.5. The summed E-state index contributed by atoms with van der Waals surface area (Å²) < 4.78 is 4.74. The second-order valence-corrected chi connectivity index (χ2v) is 7.21. The fourth-order valence-electron chi connectivity index (χ4n) is 4.14. The highest BCUT2D eigenvalue weighted by Gasteiger charge is 2.39. The van der Waals surface area contributed by atoms with E-state index in [-0.39, 0.29) is 5.97 Å². The van der Waals surface area contributed by atoms with Crippen LogP contribution in [-0.4, -0.2) is 43.7 Å². The molecule has 20 heavy (non-hydrogen) atoms. The minimum atomic E-state index is -0.845. The predicted octanol–water partition coefficient (Wildman–Crippen LogP) is 2.02. The first kappa shape index (κ1) is 15.8. The third-order valence-corrected chi connectivity index (χ3v) is 5.32. The van der Waals surface area contributed by atoms with Crippen molar-refractivity contribution in [2.45, 2.75) is 51.0 Å². The number of nitrogens with zero attached hydrogens (tertiary/aromatic N) is 1. The highest BCUT2D eigenvalue weighted by atomic mass is 16.5. The van der Waals surface area contributed by atoms with Crippen molar-refractivity contribution in [3.05, 3.63) is 0 Å². The molecule has 4 heteroatoms. The van der Waals surface area contributed by atoms with Crippen LogP contribution >= 0.6 is 0 Å². The van der Waals surface area contributed by atoms with E-state index < -0.39 is 5.54 Å². The maximum Gasteiger partial charge on any atom is 0.325 e. The minimum absolute atomic E-state index is 0.312. The average Bonchev–Trinajstić information content (AvgIpc) is 2.99. The molecular formula is C16H30N2O2. The molecule has 4 unspecified atom stereocenters. The van der Waals surface area contributed by atoms with Crippen molar-refractivity contribution in [1.82, 2.24) is 4.90 Å². The summed E-state index contributed by atoms with van der Waals surface area (Å²) in [6.45, 7) is 3.98. The first-order valence-corrected chi connectivity index (χ1v) is 7.98. The van der Waals surface area contributed by atoms with Crippen molar-refractivity contribution in [2.75, 3.05) is 27.2 Å². The molecule has 2 rings (SSSR count). The molecule has 2 N–H and O–H groups in total. The Bertz CT molecular complexity index is 343. The van der Waals surface area contributed by atoms with Crippen LogP contribution in [0.5, 0.6) is 0 Å². The van der Waals surface area contributed by atoms with Crippen molar-refractivity contribution >= 4 is 5.97 Å². The zero-order chi connectivity index (χ0) is 14.8. The van der Waals surface area contributed by atoms with Crippen LogP contribution in [0, 0.1) is 17.8 Å². The first-order chi connectivity index (χ1) is 9.42. The van der Waals surface area contributed by atoms with E-state index in [1.807, 2.05) is 0 Å². The van der Waals surface area contributed by atoms with Crippen molar-refractivity contribution in [3.63, 3.8) is 0 Å². The normalized spacial score (nSPS) is 31.6. The van der Waals surface area contributed by atoms with E-state index in [4.69, 9.17) is 10.5 Å². The van der Waals surface area contributed by atoms with E-state index in [2.05, 4.69) is 11.9 Å². The summed E-state index contributed by atoms with van der Waals surface area (Å²) in [7, 11) is 3.59. The van der Waals surface area contributed by atoms with Crippen molar-refractivity contribution in [2.24, 2.45) is 23.5 Å². The number of hydrogen-bond acceptors (Lipinski definition) is 4. The summed E-state index contributed by atoms with van der Waals surface area (Å²) in [4.78, 5) is 13.9. The van der Waals surface area contributed by atoms with Crippen LogP contribution in [0.3, 0.4) is 0 Å². The number of methoxy groups -OCH3 is 1. The SMILES string of the molecule is COC(=O)C(C)(N)CCCN(C)CC1CC2CCC1C2. The van der Waals surface area contributed by atoms with Crippen LogP contribution in [0.15, 0.2) is 0 Å². The number of fused-ring (bicyclic) bond motifs is 2. The third kappa shape index (κ3) is 3.73. The lowest BCUT2D eigenvalue weighted by Gasteiger charge is -2.28. The molecule has 0 aromatic carbocycles. The molecule has 0 amide bonds. The number of hydrogen-bond donors (Lipinski definition) is 1. The van der Waals surface area contributed by atoms with Gasteiger partial charge in [0.05, 0.1) is 7.11 Å². The standard InChI is InChI=1S/C16H30N2O2/c1-16(17,15(19)20-3)7-4-8-18(2)11-14-10-12-5-6-13(14)9-12/h12-14H,4-11,17H2,1-3H3. The van der Waals surface area contributed by atoms with Gasteiger partial charge in [-0.3, -0.25) is 4.79 Å². The Morgan fingerprint density at radius 1 is 1.40 bits per heavy atom. The fraction of sp³-hybridized carbons (Fsp3) is 0.938. The molecular weight excluding hydrogens is 252 g/mol. The van der Waals surface area contributed by atoms with Gasteiger partial charge in [0.2, 0.25) is 0 Å². The lowest BCUT2D eigenvalue weighted by Crippen LogP contribution is -2.46. The summed E-state index contributed by atoms with van der Waals surface area (Å²) in [6.07, 6.45) is 7.45. The van der Waals surface area contributed by atoms with Gasteiger partial charge in [0.15, 0.2) is 0 Å². The predicted molar refractivity (Wildman–Crippen MR) is 80.3 cm³/mol. The van der Waals surface area contributed by atoms with Gasteiger partial charge < -0.3 is 15.4 Å². The Balaban J connectivity index is 1.65. The Hall–Kier alpha value is -0.610. The maximum atomic E-state index is 11.5. The smallest absolute Gasteiger partial charge is 0.325 e. The second kappa shape index (κ2) is 6.44. The van der Waals surface area contributed by atoms with Crippen LogP contribution in [0.4, 0.5) is 0 Å². The van der Waals surface area contributed by atoms with Crippen LogP contribution in [-0.2, 0) is 9.53 Å². The number of nitrogens with two attached hydrogens (primary N) is 1. The van der Waals surface area contributed by atoms with Crippen LogP contribution in [0.25, 0.3) is 0 Å². The van der Waals surface area contributed by atoms with Gasteiger partial charge in [0.1, 0.15) is 5.54 Å². The number of rotatable bonds is 7. The van der Waals surface area contributed by atoms with E-state index >= 15 is 0 Å². The molecule has 2 fully saturated rings. The summed E-state index contributed by atoms with van der Waals surface area (Å²) in [5.74, 6) is 2.60. The van der Waals surface area contributed by atoms with Crippen molar-refractivity contribution in [3.8, 4) is 0 Å². The average molecular weight is 282 g/mol. The Labute approximate surface area is 123 Å². The molecule has 0 aliphatic heterocycles. The monoisotopic (exact) mass is 282 g/mol. The van der Waals surface area contributed by atoms with Gasteiger partial charge in [-0.25, -0.2) is 0 Å². The molecule has 4 atom stereocenters. The van der Waals surface area contributed by atoms with Crippen LogP contribution in [0.2, 0.25) is 0 Å². The highest BCUT2D eigenvalue weighted by molar-refractivity contribution is 5.79. The highest BCUT2D eigenvalue weighted by Crippen LogP contribution is 2.48. The van der Waals surface area contributed by atoms with Crippen molar-refractivity contribution < 1.29 is 9.53 Å². The van der Waals surface area contributed by atoms with Gasteiger partial charge in [-0.05, 0) is 70.4 Å². The Morgan fingerprint density at radius 2 is 2.15 bits per heavy atom. The number of carbonyl (C=O) groups excluding carboxylic acids is 1. The largest absolute Gasteiger partial charge is 0.468 e. The van der Waals surface area contributed by atoms with Gasteiger partial charge in [-0.1, -0.05) is 6.42 Å². The van der Waals surface area contributed by atoms with E-state index in [1.165, 1.54) is 39.3 Å². The summed E-state index contributed by atoms with van der Waals surface area (Å²) in [5.41, 5.74) is 5.13. The number of ether oxygens (including phenoxy) is 1. The third-order valence-electron chi connectivity index (χ3n) is 5.32. The zero-order valence-corrected chi connectivity index (χ0v) is 13.2. The Kier molecular flexibility index (Phi) is 5.08. The van der Waals surface area contributed by atoms with E-state index in [0.29, 0.717) is 6.42 Å². The Morgan fingerprint density at radius 3 is 2.70 bits per heavy atom. The molecule has 2 aliphatic rings. The molecule has 2 saturated carbocycles. The summed E-state index contributed by atoms with van der Waals surface area (Å²) in [5, 5.41) is 0. The lowest BCUT2D eigenvalue weighted by molar-refractivity contribution is -0.146.